The van der Waals surface area contributed by atoms with Crippen molar-refractivity contribution in [2.45, 2.75) is 315 Å². The van der Waals surface area contributed by atoms with E-state index in [9.17, 15) is 14.7 Å². The fraction of sp³-hybridized carbons (Fsp3) is 0.761. The molecule has 0 aromatic carbocycles. The van der Waals surface area contributed by atoms with Crippen LogP contribution in [0, 0.1) is 0 Å². The summed E-state index contributed by atoms with van der Waals surface area (Å²) >= 11 is 0. The minimum Gasteiger partial charge on any atom is -0.462 e. The molecule has 0 amide bonds. The molecule has 0 rings (SSSR count). The van der Waals surface area contributed by atoms with Gasteiger partial charge in [-0.3, -0.25) is 9.59 Å². The first kappa shape index (κ1) is 69.1. The zero-order valence-corrected chi connectivity index (χ0v) is 47.7. The van der Waals surface area contributed by atoms with Crippen molar-refractivity contribution in [1.82, 2.24) is 0 Å². The van der Waals surface area contributed by atoms with E-state index in [1.165, 1.54) is 199 Å². The van der Waals surface area contributed by atoms with Crippen LogP contribution in [0.2, 0.25) is 0 Å². The maximum absolute atomic E-state index is 12.3. The van der Waals surface area contributed by atoms with Crippen LogP contribution in [0.1, 0.15) is 309 Å². The standard InChI is InChI=1S/C67H118O5/c1-3-5-7-9-11-13-15-17-19-21-23-24-25-26-27-28-29-30-31-32-33-34-35-36-37-38-39-40-41-42-44-46-48-50-52-54-56-58-60-62-67(70)72-65(63-68)64-71-66(69)61-59-57-55-53-51-49-47-45-43-22-20-18-16-14-12-10-8-6-4-2/h5,7,11,13,17,19,23-24,26-27,29-30,32-33,65,68H,3-4,6,8-10,12,14-16,18,20-22,25,28,31,34-64H2,1-2H3/b7-5-,13-11-,19-17-,24-23-,27-26-,30-29-,33-32-. The summed E-state index contributed by atoms with van der Waals surface area (Å²) in [6.07, 6.45) is 87.2. The largest absolute Gasteiger partial charge is 0.462 e. The molecular formula is C67H118O5. The monoisotopic (exact) mass is 1000 g/mol. The summed E-state index contributed by atoms with van der Waals surface area (Å²) in [5.41, 5.74) is 0. The summed E-state index contributed by atoms with van der Waals surface area (Å²) in [5, 5.41) is 9.67. The lowest BCUT2D eigenvalue weighted by molar-refractivity contribution is -0.161. The van der Waals surface area contributed by atoms with Crippen LogP contribution in [-0.4, -0.2) is 36.4 Å². The second-order valence-corrected chi connectivity index (χ2v) is 20.8. The van der Waals surface area contributed by atoms with Crippen molar-refractivity contribution in [3.05, 3.63) is 85.1 Å². The predicted molar refractivity (Wildman–Crippen MR) is 316 cm³/mol. The molecule has 1 unspecified atom stereocenters. The van der Waals surface area contributed by atoms with Gasteiger partial charge in [0.25, 0.3) is 0 Å². The third-order valence-corrected chi connectivity index (χ3v) is 13.7. The number of rotatable bonds is 57. The van der Waals surface area contributed by atoms with Crippen molar-refractivity contribution in [1.29, 1.82) is 0 Å². The minimum absolute atomic E-state index is 0.0625. The molecule has 5 nitrogen and oxygen atoms in total. The van der Waals surface area contributed by atoms with Gasteiger partial charge in [-0.15, -0.1) is 0 Å². The number of allylic oxidation sites excluding steroid dienone is 14. The Labute approximate surface area is 447 Å². The summed E-state index contributed by atoms with van der Waals surface area (Å²) in [4.78, 5) is 24.5. The highest BCUT2D eigenvalue weighted by molar-refractivity contribution is 5.70. The average Bonchev–Trinajstić information content (AvgIpc) is 3.38. The van der Waals surface area contributed by atoms with Gasteiger partial charge >= 0.3 is 11.9 Å². The number of unbranched alkanes of at least 4 members (excludes halogenated alkanes) is 35. The van der Waals surface area contributed by atoms with Crippen LogP contribution in [-0.2, 0) is 19.1 Å². The Morgan fingerprint density at radius 3 is 0.903 bits per heavy atom. The summed E-state index contributed by atoms with van der Waals surface area (Å²) in [7, 11) is 0. The van der Waals surface area contributed by atoms with Crippen molar-refractivity contribution >= 4 is 11.9 Å². The summed E-state index contributed by atoms with van der Waals surface area (Å²) < 4.78 is 10.7. The van der Waals surface area contributed by atoms with Gasteiger partial charge in [0, 0.05) is 12.8 Å². The predicted octanol–water partition coefficient (Wildman–Crippen LogP) is 21.3. The molecule has 0 aliphatic heterocycles. The number of carbonyl (C=O) groups is 2. The van der Waals surface area contributed by atoms with Crippen molar-refractivity contribution in [2.24, 2.45) is 0 Å². The molecule has 0 saturated carbocycles. The van der Waals surface area contributed by atoms with Gasteiger partial charge in [-0.2, -0.15) is 0 Å². The second-order valence-electron chi connectivity index (χ2n) is 20.8. The lowest BCUT2D eigenvalue weighted by atomic mass is 10.0. The smallest absolute Gasteiger partial charge is 0.306 e. The summed E-state index contributed by atoms with van der Waals surface area (Å²) in [6.45, 7) is 4.06. The molecule has 5 heteroatoms. The van der Waals surface area contributed by atoms with Crippen molar-refractivity contribution in [2.75, 3.05) is 13.2 Å². The summed E-state index contributed by atoms with van der Waals surface area (Å²) in [5.74, 6) is -0.576. The maximum Gasteiger partial charge on any atom is 0.306 e. The Morgan fingerprint density at radius 2 is 0.597 bits per heavy atom. The van der Waals surface area contributed by atoms with E-state index in [1.807, 2.05) is 0 Å². The molecule has 416 valence electrons. The van der Waals surface area contributed by atoms with E-state index in [2.05, 4.69) is 98.9 Å². The Hall–Kier alpha value is -2.92. The van der Waals surface area contributed by atoms with E-state index >= 15 is 0 Å². The Balaban J connectivity index is 3.46. The van der Waals surface area contributed by atoms with Gasteiger partial charge < -0.3 is 14.6 Å². The van der Waals surface area contributed by atoms with Gasteiger partial charge in [0.1, 0.15) is 6.61 Å². The van der Waals surface area contributed by atoms with Gasteiger partial charge in [-0.1, -0.05) is 311 Å². The highest BCUT2D eigenvalue weighted by atomic mass is 16.6. The molecule has 0 spiro atoms. The lowest BCUT2D eigenvalue weighted by Gasteiger charge is -2.15. The number of hydrogen-bond donors (Lipinski definition) is 1. The van der Waals surface area contributed by atoms with Crippen LogP contribution >= 0.6 is 0 Å². The maximum atomic E-state index is 12.3. The van der Waals surface area contributed by atoms with Gasteiger partial charge in [0.2, 0.25) is 0 Å². The molecule has 0 bridgehead atoms. The summed E-state index contributed by atoms with van der Waals surface area (Å²) in [6, 6.07) is 0. The fourth-order valence-corrected chi connectivity index (χ4v) is 9.07. The normalized spacial score (nSPS) is 12.8. The molecule has 0 aliphatic carbocycles. The first-order valence-corrected chi connectivity index (χ1v) is 31.1. The average molecular weight is 1000 g/mol. The molecule has 0 aromatic rings. The molecule has 0 aromatic heterocycles. The molecule has 0 fully saturated rings. The minimum atomic E-state index is -0.772. The quantitative estimate of drug-likeness (QED) is 0.0373. The van der Waals surface area contributed by atoms with Crippen molar-refractivity contribution in [3.63, 3.8) is 0 Å². The van der Waals surface area contributed by atoms with Crippen LogP contribution < -0.4 is 0 Å². The second kappa shape index (κ2) is 62.4. The molecule has 0 saturated heterocycles. The molecule has 72 heavy (non-hydrogen) atoms. The molecule has 0 aliphatic rings. The molecule has 1 atom stereocenters. The SMILES string of the molecule is CC/C=C\C/C=C\C/C=C\C/C=C\C/C=C\C/C=C\C/C=C\CCCCCCCCCCCCCCCCCCCC(=O)OC(CO)COC(=O)CCCCCCCCCCCCCCCCCCCCC. The Bertz CT molecular complexity index is 1320. The molecule has 0 radical (unpaired) electrons. The number of aliphatic hydroxyl groups excluding tert-OH is 1. The molecular weight excluding hydrogens is 885 g/mol. The van der Waals surface area contributed by atoms with Crippen LogP contribution in [0.25, 0.3) is 0 Å². The van der Waals surface area contributed by atoms with Gasteiger partial charge in [0.05, 0.1) is 6.61 Å². The van der Waals surface area contributed by atoms with Crippen LogP contribution in [0.15, 0.2) is 85.1 Å². The highest BCUT2D eigenvalue weighted by Gasteiger charge is 2.16. The highest BCUT2D eigenvalue weighted by Crippen LogP contribution is 2.17. The molecule has 1 N–H and O–H groups in total. The van der Waals surface area contributed by atoms with Crippen molar-refractivity contribution in [3.8, 4) is 0 Å². The number of esters is 2. The number of aliphatic hydroxyl groups is 1. The zero-order valence-electron chi connectivity index (χ0n) is 47.7. The zero-order chi connectivity index (χ0) is 52.0. The first-order chi connectivity index (χ1) is 35.6. The number of hydrogen-bond acceptors (Lipinski definition) is 5. The van der Waals surface area contributed by atoms with Crippen LogP contribution in [0.3, 0.4) is 0 Å². The van der Waals surface area contributed by atoms with E-state index in [4.69, 9.17) is 9.47 Å². The van der Waals surface area contributed by atoms with Crippen molar-refractivity contribution < 1.29 is 24.2 Å². The van der Waals surface area contributed by atoms with Crippen LogP contribution in [0.4, 0.5) is 0 Å². The van der Waals surface area contributed by atoms with E-state index in [0.29, 0.717) is 12.8 Å². The topological polar surface area (TPSA) is 72.8 Å². The first-order valence-electron chi connectivity index (χ1n) is 31.1. The Kier molecular flexibility index (Phi) is 59.8. The van der Waals surface area contributed by atoms with Gasteiger partial charge in [-0.05, 0) is 70.6 Å². The third-order valence-electron chi connectivity index (χ3n) is 13.7. The number of carbonyl (C=O) groups excluding carboxylic acids is 2. The molecule has 0 heterocycles. The number of ether oxygens (including phenoxy) is 2. The van der Waals surface area contributed by atoms with Gasteiger partial charge in [-0.25, -0.2) is 0 Å². The lowest BCUT2D eigenvalue weighted by Crippen LogP contribution is -2.28. The fourth-order valence-electron chi connectivity index (χ4n) is 9.07. The Morgan fingerprint density at radius 1 is 0.333 bits per heavy atom. The van der Waals surface area contributed by atoms with Crippen LogP contribution in [0.5, 0.6) is 0 Å². The third kappa shape index (κ3) is 59.6. The van der Waals surface area contributed by atoms with E-state index in [1.54, 1.807) is 0 Å². The van der Waals surface area contributed by atoms with E-state index in [0.717, 1.165) is 83.5 Å². The van der Waals surface area contributed by atoms with E-state index < -0.39 is 6.10 Å². The van der Waals surface area contributed by atoms with Gasteiger partial charge in [0.15, 0.2) is 6.10 Å². The van der Waals surface area contributed by atoms with E-state index in [-0.39, 0.29) is 25.2 Å².